The predicted octanol–water partition coefficient (Wildman–Crippen LogP) is 1.26. The number of esters is 1. The maximum absolute atomic E-state index is 12.6. The van der Waals surface area contributed by atoms with Gasteiger partial charge in [0.15, 0.2) is 11.5 Å². The average molecular weight is 492 g/mol. The van der Waals surface area contributed by atoms with E-state index in [0.717, 1.165) is 0 Å². The number of imide groups is 1. The van der Waals surface area contributed by atoms with Crippen LogP contribution in [0.2, 0.25) is 0 Å². The Labute approximate surface area is 196 Å². The van der Waals surface area contributed by atoms with Crippen LogP contribution in [0.4, 0.5) is 4.79 Å². The van der Waals surface area contributed by atoms with Crippen molar-refractivity contribution in [1.82, 2.24) is 15.4 Å². The van der Waals surface area contributed by atoms with Crippen molar-refractivity contribution in [2.75, 3.05) is 26.8 Å². The zero-order chi connectivity index (χ0) is 24.6. The molecular weight excluding hydrogens is 466 g/mol. The van der Waals surface area contributed by atoms with E-state index in [1.807, 2.05) is 0 Å². The molecule has 34 heavy (non-hydrogen) atoms. The van der Waals surface area contributed by atoms with Gasteiger partial charge in [0.2, 0.25) is 16.1 Å². The maximum Gasteiger partial charge on any atom is 0.321 e. The molecule has 0 saturated heterocycles. The molecule has 182 valence electrons. The van der Waals surface area contributed by atoms with E-state index in [9.17, 15) is 22.8 Å². The van der Waals surface area contributed by atoms with E-state index in [-0.39, 0.29) is 17.9 Å². The van der Waals surface area contributed by atoms with Crippen molar-refractivity contribution >= 4 is 27.9 Å². The summed E-state index contributed by atoms with van der Waals surface area (Å²) in [4.78, 5) is 36.2. The summed E-state index contributed by atoms with van der Waals surface area (Å²) in [6, 6.07) is 11.6. The van der Waals surface area contributed by atoms with Crippen LogP contribution >= 0.6 is 0 Å². The number of carbonyl (C=O) groups excluding carboxylic acids is 3. The van der Waals surface area contributed by atoms with Gasteiger partial charge in [-0.25, -0.2) is 17.9 Å². The number of amides is 3. The van der Waals surface area contributed by atoms with Crippen molar-refractivity contribution in [2.24, 2.45) is 0 Å². The van der Waals surface area contributed by atoms with Gasteiger partial charge in [-0.05, 0) is 12.1 Å². The molecule has 3 amide bonds. The van der Waals surface area contributed by atoms with Gasteiger partial charge in [-0.2, -0.15) is 0 Å². The number of nitrogens with one attached hydrogen (secondary N) is 3. The van der Waals surface area contributed by atoms with Gasteiger partial charge >= 0.3 is 12.0 Å². The van der Waals surface area contributed by atoms with Crippen molar-refractivity contribution in [3.63, 3.8) is 0 Å². The van der Waals surface area contributed by atoms with E-state index in [4.69, 9.17) is 14.2 Å². The lowest BCUT2D eigenvalue weighted by atomic mass is 10.1. The first-order chi connectivity index (χ1) is 16.3. The van der Waals surface area contributed by atoms with Gasteiger partial charge in [0, 0.05) is 31.6 Å². The first kappa shape index (κ1) is 25.0. The molecule has 3 N–H and O–H groups in total. The average Bonchev–Trinajstić information content (AvgIpc) is 3.07. The Balaban J connectivity index is 1.61. The van der Waals surface area contributed by atoms with Crippen LogP contribution in [0.3, 0.4) is 0 Å². The summed E-state index contributed by atoms with van der Waals surface area (Å²) < 4.78 is 43.8. The van der Waals surface area contributed by atoms with E-state index < -0.39 is 34.0 Å². The number of hydrogen-bond acceptors (Lipinski definition) is 8. The second kappa shape index (κ2) is 11.5. The molecule has 0 fully saturated rings. The molecule has 0 radical (unpaired) electrons. The third-order valence-corrected chi connectivity index (χ3v) is 6.16. The third kappa shape index (κ3) is 6.68. The minimum Gasteiger partial charge on any atom is -0.490 e. The lowest BCUT2D eigenvalue weighted by Crippen LogP contribution is -2.41. The Morgan fingerprint density at radius 2 is 1.74 bits per heavy atom. The SMILES string of the molecule is CNC(=O)NC(=O)[C@H](OC(=O)CCNS(=O)(=O)c1ccc2c(c1)OCCCO2)c1ccccc1. The lowest BCUT2D eigenvalue weighted by molar-refractivity contribution is -0.156. The van der Waals surface area contributed by atoms with E-state index in [0.29, 0.717) is 36.7 Å². The Kier molecular flexibility index (Phi) is 8.44. The molecule has 0 aromatic heterocycles. The summed E-state index contributed by atoms with van der Waals surface area (Å²) in [6.45, 7) is 0.616. The highest BCUT2D eigenvalue weighted by molar-refractivity contribution is 7.89. The molecule has 2 aromatic rings. The van der Waals surface area contributed by atoms with Crippen LogP contribution in [-0.4, -0.2) is 53.1 Å². The Hall–Kier alpha value is -3.64. The molecule has 11 nitrogen and oxygen atoms in total. The van der Waals surface area contributed by atoms with Crippen molar-refractivity contribution < 1.29 is 37.0 Å². The summed E-state index contributed by atoms with van der Waals surface area (Å²) in [5.41, 5.74) is 0.352. The fourth-order valence-corrected chi connectivity index (χ4v) is 4.06. The summed E-state index contributed by atoms with van der Waals surface area (Å²) in [7, 11) is -2.61. The van der Waals surface area contributed by atoms with Gasteiger partial charge < -0.3 is 19.5 Å². The summed E-state index contributed by atoms with van der Waals surface area (Å²) in [5, 5.41) is 4.30. The zero-order valence-electron chi connectivity index (χ0n) is 18.4. The van der Waals surface area contributed by atoms with Crippen molar-refractivity contribution in [2.45, 2.75) is 23.8 Å². The van der Waals surface area contributed by atoms with E-state index in [1.165, 1.54) is 25.2 Å². The molecule has 12 heteroatoms. The van der Waals surface area contributed by atoms with Gasteiger partial charge in [-0.1, -0.05) is 30.3 Å². The van der Waals surface area contributed by atoms with Gasteiger partial charge in [-0.15, -0.1) is 0 Å². The first-order valence-corrected chi connectivity index (χ1v) is 11.9. The van der Waals surface area contributed by atoms with Gasteiger partial charge in [0.25, 0.3) is 5.91 Å². The molecule has 3 rings (SSSR count). The highest BCUT2D eigenvalue weighted by Crippen LogP contribution is 2.31. The van der Waals surface area contributed by atoms with Gasteiger partial charge in [0.05, 0.1) is 24.5 Å². The number of rotatable bonds is 8. The summed E-state index contributed by atoms with van der Waals surface area (Å²) in [5.74, 6) is -0.886. The van der Waals surface area contributed by atoms with Crippen LogP contribution in [0, 0.1) is 0 Å². The Bertz CT molecular complexity index is 1140. The number of urea groups is 1. The lowest BCUT2D eigenvalue weighted by Gasteiger charge is -2.17. The highest BCUT2D eigenvalue weighted by atomic mass is 32.2. The minimum absolute atomic E-state index is 0.0442. The molecule has 0 aliphatic carbocycles. The van der Waals surface area contributed by atoms with E-state index in [1.54, 1.807) is 30.3 Å². The zero-order valence-corrected chi connectivity index (χ0v) is 19.2. The van der Waals surface area contributed by atoms with Gasteiger partial charge in [-0.3, -0.25) is 14.9 Å². The third-order valence-electron chi connectivity index (χ3n) is 4.70. The number of carbonyl (C=O) groups is 3. The fourth-order valence-electron chi connectivity index (χ4n) is 3.01. The number of fused-ring (bicyclic) bond motifs is 1. The molecule has 1 atom stereocenters. The van der Waals surface area contributed by atoms with Crippen LogP contribution in [-0.2, 0) is 24.3 Å². The second-order valence-electron chi connectivity index (χ2n) is 7.16. The largest absolute Gasteiger partial charge is 0.490 e. The summed E-state index contributed by atoms with van der Waals surface area (Å²) >= 11 is 0. The molecule has 0 saturated carbocycles. The fraction of sp³-hybridized carbons (Fsp3) is 0.318. The molecule has 0 unspecified atom stereocenters. The standard InChI is InChI=1S/C22H25N3O8S/c1-23-22(28)25-21(27)20(15-6-3-2-4-7-15)33-19(26)10-11-24-34(29,30)16-8-9-17-18(14-16)32-13-5-12-31-17/h2-4,6-9,14,20,24H,5,10-13H2,1H3,(H2,23,25,27,28)/t20-/m1/s1. The summed E-state index contributed by atoms with van der Waals surface area (Å²) in [6.07, 6.45) is -1.05. The van der Waals surface area contributed by atoms with Crippen molar-refractivity contribution in [3.05, 3.63) is 54.1 Å². The first-order valence-electron chi connectivity index (χ1n) is 10.5. The number of sulfonamides is 1. The number of benzene rings is 2. The number of hydrogen-bond donors (Lipinski definition) is 3. The van der Waals surface area contributed by atoms with E-state index >= 15 is 0 Å². The van der Waals surface area contributed by atoms with Crippen LogP contribution in [0.5, 0.6) is 11.5 Å². The van der Waals surface area contributed by atoms with Crippen LogP contribution in [0.1, 0.15) is 24.5 Å². The predicted molar refractivity (Wildman–Crippen MR) is 120 cm³/mol. The maximum atomic E-state index is 12.6. The van der Waals surface area contributed by atoms with Crippen LogP contribution in [0.25, 0.3) is 0 Å². The minimum atomic E-state index is -3.94. The smallest absolute Gasteiger partial charge is 0.321 e. The van der Waals surface area contributed by atoms with E-state index in [2.05, 4.69) is 15.4 Å². The Morgan fingerprint density at radius 1 is 1.03 bits per heavy atom. The molecule has 0 bridgehead atoms. The topological polar surface area (TPSA) is 149 Å². The molecule has 1 heterocycles. The van der Waals surface area contributed by atoms with Crippen molar-refractivity contribution in [3.8, 4) is 11.5 Å². The van der Waals surface area contributed by atoms with Crippen molar-refractivity contribution in [1.29, 1.82) is 0 Å². The molecular formula is C22H25N3O8S. The molecule has 0 spiro atoms. The second-order valence-corrected chi connectivity index (χ2v) is 8.92. The molecule has 1 aliphatic heterocycles. The monoisotopic (exact) mass is 491 g/mol. The number of ether oxygens (including phenoxy) is 3. The Morgan fingerprint density at radius 3 is 2.44 bits per heavy atom. The van der Waals surface area contributed by atoms with Crippen LogP contribution < -0.4 is 24.8 Å². The normalized spacial score (nSPS) is 13.8. The molecule has 2 aromatic carbocycles. The molecule has 1 aliphatic rings. The highest BCUT2D eigenvalue weighted by Gasteiger charge is 2.26. The van der Waals surface area contributed by atoms with Crippen LogP contribution in [0.15, 0.2) is 53.4 Å². The van der Waals surface area contributed by atoms with Gasteiger partial charge in [0.1, 0.15) is 0 Å². The quantitative estimate of drug-likeness (QED) is 0.467.